The van der Waals surface area contributed by atoms with Gasteiger partial charge >= 0.3 is 5.69 Å². The first-order chi connectivity index (χ1) is 9.00. The van der Waals surface area contributed by atoms with Gasteiger partial charge in [-0.05, 0) is 6.07 Å². The van der Waals surface area contributed by atoms with Gasteiger partial charge in [-0.2, -0.15) is 14.5 Å². The average Bonchev–Trinajstić information content (AvgIpc) is 2.81. The van der Waals surface area contributed by atoms with E-state index in [2.05, 4.69) is 15.2 Å². The number of amides is 1. The van der Waals surface area contributed by atoms with Crippen LogP contribution in [0, 0.1) is 21.7 Å². The molecule has 8 nitrogen and oxygen atoms in total. The standard InChI is InChI=1S/C9H5F2N5O3/c10-4-1-2-5(16(18)19)7(11)6(4)8(17)14-9-12-3-13-15-9/h1-3H,(H2,12,13,14,15,17). The maximum absolute atomic E-state index is 13.7. The molecule has 0 unspecified atom stereocenters. The third-order valence-corrected chi connectivity index (χ3v) is 2.14. The highest BCUT2D eigenvalue weighted by Gasteiger charge is 2.26. The molecule has 1 aromatic heterocycles. The number of carbonyl (C=O) groups excluding carboxylic acids is 1. The predicted molar refractivity (Wildman–Crippen MR) is 57.3 cm³/mol. The van der Waals surface area contributed by atoms with Crippen molar-refractivity contribution in [3.05, 3.63) is 45.8 Å². The Hall–Kier alpha value is -2.91. The van der Waals surface area contributed by atoms with Gasteiger partial charge in [0.25, 0.3) is 5.91 Å². The molecule has 1 amide bonds. The fourth-order valence-corrected chi connectivity index (χ4v) is 1.33. The lowest BCUT2D eigenvalue weighted by molar-refractivity contribution is -0.387. The molecule has 2 N–H and O–H groups in total. The van der Waals surface area contributed by atoms with E-state index >= 15 is 0 Å². The number of nitrogens with one attached hydrogen (secondary N) is 2. The van der Waals surface area contributed by atoms with Crippen molar-refractivity contribution >= 4 is 17.5 Å². The zero-order chi connectivity index (χ0) is 14.0. The van der Waals surface area contributed by atoms with E-state index < -0.39 is 33.7 Å². The first-order valence-electron chi connectivity index (χ1n) is 4.80. The van der Waals surface area contributed by atoms with Gasteiger partial charge < -0.3 is 0 Å². The number of H-pyrrole nitrogens is 1. The van der Waals surface area contributed by atoms with E-state index in [-0.39, 0.29) is 5.95 Å². The number of hydrogen-bond donors (Lipinski definition) is 2. The summed E-state index contributed by atoms with van der Waals surface area (Å²) >= 11 is 0. The largest absolute Gasteiger partial charge is 0.305 e. The summed E-state index contributed by atoms with van der Waals surface area (Å²) in [6.45, 7) is 0. The monoisotopic (exact) mass is 269 g/mol. The van der Waals surface area contributed by atoms with Crippen LogP contribution in [-0.4, -0.2) is 26.0 Å². The van der Waals surface area contributed by atoms with Crippen molar-refractivity contribution in [2.75, 3.05) is 5.32 Å². The van der Waals surface area contributed by atoms with E-state index in [4.69, 9.17) is 0 Å². The molecule has 1 aromatic carbocycles. The number of carbonyl (C=O) groups is 1. The molecule has 0 aliphatic rings. The highest BCUT2D eigenvalue weighted by molar-refractivity contribution is 6.04. The Morgan fingerprint density at radius 3 is 2.74 bits per heavy atom. The van der Waals surface area contributed by atoms with Crippen molar-refractivity contribution in [3.63, 3.8) is 0 Å². The lowest BCUT2D eigenvalue weighted by Crippen LogP contribution is -2.17. The van der Waals surface area contributed by atoms with Crippen molar-refractivity contribution in [2.24, 2.45) is 0 Å². The summed E-state index contributed by atoms with van der Waals surface area (Å²) in [5, 5.41) is 18.2. The molecule has 2 rings (SSSR count). The molecule has 2 aromatic rings. The van der Waals surface area contributed by atoms with Gasteiger partial charge in [0.05, 0.1) is 4.92 Å². The number of aromatic amines is 1. The second-order valence-electron chi connectivity index (χ2n) is 3.30. The fourth-order valence-electron chi connectivity index (χ4n) is 1.33. The first-order valence-corrected chi connectivity index (χ1v) is 4.80. The summed E-state index contributed by atoms with van der Waals surface area (Å²) in [4.78, 5) is 24.6. The Morgan fingerprint density at radius 2 is 2.16 bits per heavy atom. The zero-order valence-corrected chi connectivity index (χ0v) is 9.05. The van der Waals surface area contributed by atoms with Gasteiger partial charge in [-0.15, -0.1) is 0 Å². The van der Waals surface area contributed by atoms with Crippen molar-refractivity contribution < 1.29 is 18.5 Å². The number of benzene rings is 1. The van der Waals surface area contributed by atoms with Crippen LogP contribution in [0.1, 0.15) is 10.4 Å². The Morgan fingerprint density at radius 1 is 1.42 bits per heavy atom. The van der Waals surface area contributed by atoms with E-state index in [1.165, 1.54) is 0 Å². The van der Waals surface area contributed by atoms with E-state index in [0.29, 0.717) is 12.1 Å². The minimum Gasteiger partial charge on any atom is -0.291 e. The maximum Gasteiger partial charge on any atom is 0.305 e. The van der Waals surface area contributed by atoms with Crippen LogP contribution in [0.2, 0.25) is 0 Å². The number of rotatable bonds is 3. The number of nitro benzene ring substituents is 1. The lowest BCUT2D eigenvalue weighted by Gasteiger charge is -2.04. The van der Waals surface area contributed by atoms with Gasteiger partial charge in [0.15, 0.2) is 0 Å². The van der Waals surface area contributed by atoms with Crippen LogP contribution in [0.4, 0.5) is 20.4 Å². The summed E-state index contributed by atoms with van der Waals surface area (Å²) in [5.41, 5.74) is -2.06. The second-order valence-corrected chi connectivity index (χ2v) is 3.30. The summed E-state index contributed by atoms with van der Waals surface area (Å²) in [7, 11) is 0. The molecule has 0 fully saturated rings. The Labute approximate surface area is 103 Å². The Kier molecular flexibility index (Phi) is 3.14. The Bertz CT molecular complexity index is 644. The zero-order valence-electron chi connectivity index (χ0n) is 9.05. The first kappa shape index (κ1) is 12.5. The van der Waals surface area contributed by atoms with Crippen molar-refractivity contribution in [1.82, 2.24) is 15.2 Å². The van der Waals surface area contributed by atoms with Crippen molar-refractivity contribution in [3.8, 4) is 0 Å². The average molecular weight is 269 g/mol. The molecule has 0 radical (unpaired) electrons. The van der Waals surface area contributed by atoms with Crippen molar-refractivity contribution in [1.29, 1.82) is 0 Å². The number of nitrogens with zero attached hydrogens (tertiary/aromatic N) is 3. The van der Waals surface area contributed by atoms with Crippen molar-refractivity contribution in [2.45, 2.75) is 0 Å². The molecule has 98 valence electrons. The van der Waals surface area contributed by atoms with Gasteiger partial charge in [-0.25, -0.2) is 9.49 Å². The summed E-state index contributed by atoms with van der Waals surface area (Å²) in [6, 6.07) is 1.27. The van der Waals surface area contributed by atoms with Crippen LogP contribution in [0.15, 0.2) is 18.5 Å². The fraction of sp³-hybridized carbons (Fsp3) is 0. The number of nitro groups is 1. The van der Waals surface area contributed by atoms with Crippen LogP contribution in [-0.2, 0) is 0 Å². The number of anilines is 1. The number of aromatic nitrogens is 3. The maximum atomic E-state index is 13.7. The summed E-state index contributed by atoms with van der Waals surface area (Å²) < 4.78 is 27.1. The molecule has 10 heteroatoms. The molecule has 0 aliphatic heterocycles. The molecule has 1 heterocycles. The molecular weight excluding hydrogens is 264 g/mol. The SMILES string of the molecule is O=C(Nc1ncn[nH]1)c1c(F)ccc([N+](=O)[O-])c1F. The lowest BCUT2D eigenvalue weighted by atomic mass is 10.1. The van der Waals surface area contributed by atoms with E-state index in [1.807, 2.05) is 5.32 Å². The smallest absolute Gasteiger partial charge is 0.291 e. The molecule has 0 spiro atoms. The molecule has 0 saturated carbocycles. The highest BCUT2D eigenvalue weighted by Crippen LogP contribution is 2.23. The van der Waals surface area contributed by atoms with Crippen LogP contribution < -0.4 is 5.32 Å². The van der Waals surface area contributed by atoms with Crippen LogP contribution in [0.25, 0.3) is 0 Å². The van der Waals surface area contributed by atoms with Gasteiger partial charge in [-0.3, -0.25) is 20.2 Å². The highest BCUT2D eigenvalue weighted by atomic mass is 19.1. The molecular formula is C9H5F2N5O3. The third-order valence-electron chi connectivity index (χ3n) is 2.14. The molecule has 0 aliphatic carbocycles. The quantitative estimate of drug-likeness (QED) is 0.642. The number of hydrogen-bond acceptors (Lipinski definition) is 5. The second kappa shape index (κ2) is 4.76. The molecule has 0 saturated heterocycles. The Balaban J connectivity index is 2.41. The van der Waals surface area contributed by atoms with E-state index in [1.54, 1.807) is 0 Å². The molecule has 0 bridgehead atoms. The number of halogens is 2. The third kappa shape index (κ3) is 2.36. The summed E-state index contributed by atoms with van der Waals surface area (Å²) in [6.07, 6.45) is 1.07. The van der Waals surface area contributed by atoms with Crippen LogP contribution in [0.3, 0.4) is 0 Å². The normalized spacial score (nSPS) is 10.2. The van der Waals surface area contributed by atoms with Crippen LogP contribution in [0.5, 0.6) is 0 Å². The van der Waals surface area contributed by atoms with E-state index in [9.17, 15) is 23.7 Å². The van der Waals surface area contributed by atoms with E-state index in [0.717, 1.165) is 6.33 Å². The molecule has 0 atom stereocenters. The predicted octanol–water partition coefficient (Wildman–Crippen LogP) is 1.24. The minimum atomic E-state index is -1.55. The molecule has 19 heavy (non-hydrogen) atoms. The van der Waals surface area contributed by atoms with Gasteiger partial charge in [0, 0.05) is 6.07 Å². The van der Waals surface area contributed by atoms with Gasteiger partial charge in [0.1, 0.15) is 17.7 Å². The topological polar surface area (TPSA) is 114 Å². The van der Waals surface area contributed by atoms with Gasteiger partial charge in [-0.1, -0.05) is 0 Å². The van der Waals surface area contributed by atoms with Crippen LogP contribution >= 0.6 is 0 Å². The van der Waals surface area contributed by atoms with Gasteiger partial charge in [0.2, 0.25) is 11.8 Å². The minimum absolute atomic E-state index is 0.143. The summed E-state index contributed by atoms with van der Waals surface area (Å²) in [5.74, 6) is -4.13.